The van der Waals surface area contributed by atoms with E-state index in [-0.39, 0.29) is 35.0 Å². The summed E-state index contributed by atoms with van der Waals surface area (Å²) in [6, 6.07) is 4.35. The Morgan fingerprint density at radius 2 is 1.91 bits per heavy atom. The molecule has 0 unspecified atom stereocenters. The van der Waals surface area contributed by atoms with Crippen LogP contribution in [-0.4, -0.2) is 57.3 Å². The van der Waals surface area contributed by atoms with Crippen molar-refractivity contribution in [1.82, 2.24) is 4.90 Å². The predicted molar refractivity (Wildman–Crippen MR) is 118 cm³/mol. The molecule has 2 aromatic rings. The monoisotopic (exact) mass is 498 g/mol. The van der Waals surface area contributed by atoms with Gasteiger partial charge in [0, 0.05) is 17.8 Å². The Labute approximate surface area is 194 Å². The van der Waals surface area contributed by atoms with Gasteiger partial charge in [-0.25, -0.2) is 22.4 Å². The number of carbonyl (C=O) groups is 3. The van der Waals surface area contributed by atoms with Crippen LogP contribution in [0.4, 0.5) is 14.2 Å². The van der Waals surface area contributed by atoms with Crippen molar-refractivity contribution < 1.29 is 36.7 Å². The van der Waals surface area contributed by atoms with E-state index in [4.69, 9.17) is 9.47 Å². The number of rotatable bonds is 7. The number of carbonyl (C=O) groups excluding carboxylic acids is 3. The number of methoxy groups -OCH3 is 1. The van der Waals surface area contributed by atoms with Gasteiger partial charge in [-0.2, -0.15) is 0 Å². The van der Waals surface area contributed by atoms with Crippen LogP contribution in [0.25, 0.3) is 0 Å². The average molecular weight is 499 g/mol. The number of hydrogen-bond donors (Lipinski definition) is 1. The highest BCUT2D eigenvalue weighted by atomic mass is 32.2. The third-order valence-electron chi connectivity index (χ3n) is 5.00. The molecule has 0 radical (unpaired) electrons. The van der Waals surface area contributed by atoms with Gasteiger partial charge in [0.05, 0.1) is 36.5 Å². The van der Waals surface area contributed by atoms with Gasteiger partial charge in [0.15, 0.2) is 9.84 Å². The first-order valence-electron chi connectivity index (χ1n) is 10.1. The molecule has 0 fully saturated rings. The maximum Gasteiger partial charge on any atom is 0.410 e. The Morgan fingerprint density at radius 3 is 2.55 bits per heavy atom. The van der Waals surface area contributed by atoms with E-state index >= 15 is 0 Å². The lowest BCUT2D eigenvalue weighted by atomic mass is 10.0. The molecule has 0 atom stereocenters. The molecule has 3 rings (SSSR count). The summed E-state index contributed by atoms with van der Waals surface area (Å²) in [5.41, 5.74) is 0.886. The number of nitrogens with one attached hydrogen (secondary N) is 1. The maximum atomic E-state index is 13.0. The second-order valence-corrected chi connectivity index (χ2v) is 10.4. The normalized spacial score (nSPS) is 13.2. The zero-order valence-corrected chi connectivity index (χ0v) is 19.7. The molecule has 12 heteroatoms. The summed E-state index contributed by atoms with van der Waals surface area (Å²) in [6.45, 7) is 2.51. The van der Waals surface area contributed by atoms with Crippen LogP contribution < -0.4 is 5.32 Å². The predicted octanol–water partition coefficient (Wildman–Crippen LogP) is 2.99. The van der Waals surface area contributed by atoms with E-state index in [2.05, 4.69) is 5.32 Å². The highest BCUT2D eigenvalue weighted by Crippen LogP contribution is 2.38. The molecule has 1 aromatic carbocycles. The second-order valence-electron chi connectivity index (χ2n) is 7.14. The lowest BCUT2D eigenvalue weighted by Crippen LogP contribution is -2.36. The van der Waals surface area contributed by atoms with Crippen molar-refractivity contribution in [3.05, 3.63) is 46.1 Å². The SMILES string of the molecule is CCOC(=O)N1CCc2c(sc(NC(=O)CCS(=O)(=O)c3ccc(F)cc3)c2C(=O)OC)C1. The van der Waals surface area contributed by atoms with Gasteiger partial charge in [-0.05, 0) is 43.2 Å². The first-order chi connectivity index (χ1) is 15.7. The summed E-state index contributed by atoms with van der Waals surface area (Å²) in [7, 11) is -2.57. The van der Waals surface area contributed by atoms with Gasteiger partial charge in [-0.1, -0.05) is 0 Å². The van der Waals surface area contributed by atoms with E-state index < -0.39 is 39.4 Å². The highest BCUT2D eigenvalue weighted by Gasteiger charge is 2.31. The number of thiophene rings is 1. The van der Waals surface area contributed by atoms with Crippen LogP contribution in [-0.2, 0) is 37.1 Å². The van der Waals surface area contributed by atoms with Gasteiger partial charge in [-0.15, -0.1) is 11.3 Å². The van der Waals surface area contributed by atoms with Gasteiger partial charge in [0.25, 0.3) is 0 Å². The number of hydrogen-bond acceptors (Lipinski definition) is 8. The number of sulfone groups is 1. The molecule has 0 aliphatic carbocycles. The smallest absolute Gasteiger partial charge is 0.410 e. The lowest BCUT2D eigenvalue weighted by molar-refractivity contribution is -0.115. The van der Waals surface area contributed by atoms with Gasteiger partial charge in [0.1, 0.15) is 10.8 Å². The van der Waals surface area contributed by atoms with Crippen LogP contribution in [0.1, 0.15) is 34.1 Å². The zero-order chi connectivity index (χ0) is 24.2. The van der Waals surface area contributed by atoms with Crippen LogP contribution in [0.3, 0.4) is 0 Å². The third-order valence-corrected chi connectivity index (χ3v) is 7.86. The topological polar surface area (TPSA) is 119 Å². The number of esters is 1. The summed E-state index contributed by atoms with van der Waals surface area (Å²) < 4.78 is 47.8. The standard InChI is InChI=1S/C21H23FN2O7S2/c1-3-31-21(27)24-10-8-15-16(12-24)32-19(18(15)20(26)30-2)23-17(25)9-11-33(28,29)14-6-4-13(22)5-7-14/h4-7H,3,8-12H2,1-2H3,(H,23,25). The maximum absolute atomic E-state index is 13.0. The van der Waals surface area contributed by atoms with E-state index in [0.29, 0.717) is 23.4 Å². The Bertz CT molecular complexity index is 1160. The van der Waals surface area contributed by atoms with Crippen molar-refractivity contribution in [3.63, 3.8) is 0 Å². The molecule has 1 N–H and O–H groups in total. The minimum absolute atomic E-state index is 0.0856. The third kappa shape index (κ3) is 5.69. The molecule has 1 aliphatic rings. The molecule has 178 valence electrons. The molecule has 33 heavy (non-hydrogen) atoms. The molecule has 0 bridgehead atoms. The van der Waals surface area contributed by atoms with Crippen molar-refractivity contribution in [3.8, 4) is 0 Å². The lowest BCUT2D eigenvalue weighted by Gasteiger charge is -2.26. The number of amides is 2. The highest BCUT2D eigenvalue weighted by molar-refractivity contribution is 7.91. The molecule has 0 spiro atoms. The number of benzene rings is 1. The summed E-state index contributed by atoms with van der Waals surface area (Å²) in [4.78, 5) is 39.1. The quantitative estimate of drug-likeness (QED) is 0.460. The van der Waals surface area contributed by atoms with Crippen molar-refractivity contribution >= 4 is 44.1 Å². The number of anilines is 1. The largest absolute Gasteiger partial charge is 0.465 e. The second kappa shape index (κ2) is 10.3. The van der Waals surface area contributed by atoms with E-state index in [1.807, 2.05) is 0 Å². The molecule has 1 aliphatic heterocycles. The fourth-order valence-electron chi connectivity index (χ4n) is 3.36. The van der Waals surface area contributed by atoms with Crippen LogP contribution in [0.2, 0.25) is 0 Å². The summed E-state index contributed by atoms with van der Waals surface area (Å²) >= 11 is 1.13. The fourth-order valence-corrected chi connectivity index (χ4v) is 5.86. The van der Waals surface area contributed by atoms with Gasteiger partial charge in [0.2, 0.25) is 5.91 Å². The van der Waals surface area contributed by atoms with E-state index in [9.17, 15) is 27.2 Å². The Hall–Kier alpha value is -2.99. The Kier molecular flexibility index (Phi) is 7.69. The van der Waals surface area contributed by atoms with Crippen LogP contribution in [0.5, 0.6) is 0 Å². The van der Waals surface area contributed by atoms with Crippen molar-refractivity contribution in [2.24, 2.45) is 0 Å². The van der Waals surface area contributed by atoms with Crippen molar-refractivity contribution in [1.29, 1.82) is 0 Å². The molecule has 0 saturated heterocycles. The van der Waals surface area contributed by atoms with E-state index in [0.717, 1.165) is 35.6 Å². The first-order valence-corrected chi connectivity index (χ1v) is 12.6. The molecule has 9 nitrogen and oxygen atoms in total. The van der Waals surface area contributed by atoms with Crippen LogP contribution in [0, 0.1) is 5.82 Å². The fraction of sp³-hybridized carbons (Fsp3) is 0.381. The van der Waals surface area contributed by atoms with Crippen LogP contribution in [0.15, 0.2) is 29.2 Å². The minimum atomic E-state index is -3.79. The Balaban J connectivity index is 1.75. The molecular formula is C21H23FN2O7S2. The first kappa shape index (κ1) is 24.6. The van der Waals surface area contributed by atoms with Gasteiger partial charge in [-0.3, -0.25) is 4.79 Å². The molecule has 2 heterocycles. The minimum Gasteiger partial charge on any atom is -0.465 e. The summed E-state index contributed by atoms with van der Waals surface area (Å²) in [5.74, 6) is -2.29. The van der Waals surface area contributed by atoms with E-state index in [1.54, 1.807) is 6.92 Å². The zero-order valence-electron chi connectivity index (χ0n) is 18.1. The summed E-state index contributed by atoms with van der Waals surface area (Å²) in [5, 5.41) is 2.84. The van der Waals surface area contributed by atoms with E-state index in [1.165, 1.54) is 12.0 Å². The van der Waals surface area contributed by atoms with Crippen LogP contribution >= 0.6 is 11.3 Å². The van der Waals surface area contributed by atoms with Crippen molar-refractivity contribution in [2.45, 2.75) is 31.2 Å². The number of halogens is 1. The summed E-state index contributed by atoms with van der Waals surface area (Å²) in [6.07, 6.45) is -0.449. The Morgan fingerprint density at radius 1 is 1.21 bits per heavy atom. The van der Waals surface area contributed by atoms with Gasteiger partial charge < -0.3 is 19.7 Å². The van der Waals surface area contributed by atoms with Crippen molar-refractivity contribution in [2.75, 3.05) is 31.3 Å². The number of nitrogens with zero attached hydrogens (tertiary/aromatic N) is 1. The molecule has 2 amide bonds. The average Bonchev–Trinajstić information content (AvgIpc) is 3.14. The number of ether oxygens (including phenoxy) is 2. The molecule has 1 aromatic heterocycles. The molecule has 0 saturated carbocycles. The molecular weight excluding hydrogens is 475 g/mol. The number of fused-ring (bicyclic) bond motifs is 1. The van der Waals surface area contributed by atoms with Gasteiger partial charge >= 0.3 is 12.1 Å².